The number of benzene rings is 4. The van der Waals surface area contributed by atoms with Gasteiger partial charge >= 0.3 is 260 Å². The number of fused-ring (bicyclic) bond motifs is 3. The molecule has 0 heterocycles. The Kier molecular flexibility index (Phi) is 8.60. The van der Waals surface area contributed by atoms with E-state index in [1.54, 1.807) is 20.9 Å². The van der Waals surface area contributed by atoms with E-state index >= 15 is 0 Å². The third-order valence-electron chi connectivity index (χ3n) is 11.3. The average Bonchev–Trinajstić information content (AvgIpc) is 3.66. The monoisotopic (exact) mass is 690 g/mol. The molecule has 0 amide bonds. The minimum atomic E-state index is -2.63. The molecular formula is C41H38Cl2Zr. The second kappa shape index (κ2) is 12.5. The molecule has 0 N–H and O–H groups in total. The molecule has 4 aromatic carbocycles. The van der Waals surface area contributed by atoms with Gasteiger partial charge in [-0.3, -0.25) is 0 Å². The van der Waals surface area contributed by atoms with Gasteiger partial charge in [-0.25, -0.2) is 0 Å². The molecule has 0 saturated heterocycles. The molecule has 10 rings (SSSR count). The summed E-state index contributed by atoms with van der Waals surface area (Å²) in [6.07, 6.45) is 15.3. The van der Waals surface area contributed by atoms with Crippen LogP contribution in [0.2, 0.25) is 0 Å². The summed E-state index contributed by atoms with van der Waals surface area (Å²) in [5, 5.41) is 0. The van der Waals surface area contributed by atoms with Crippen molar-refractivity contribution < 1.29 is 46.1 Å². The van der Waals surface area contributed by atoms with Gasteiger partial charge in [0.05, 0.1) is 0 Å². The molecule has 0 spiro atoms. The topological polar surface area (TPSA) is 0 Å². The molecule has 4 saturated carbocycles. The number of allylic oxidation sites excluding steroid dienone is 4. The second-order valence-electron chi connectivity index (χ2n) is 13.7. The Hall–Kier alpha value is -2.31. The molecule has 4 fully saturated rings. The summed E-state index contributed by atoms with van der Waals surface area (Å²) in [6.45, 7) is 0. The minimum Gasteiger partial charge on any atom is -1.00 e. The van der Waals surface area contributed by atoms with Crippen LogP contribution in [0.3, 0.4) is 0 Å². The Morgan fingerprint density at radius 3 is 1.84 bits per heavy atom. The predicted molar refractivity (Wildman–Crippen MR) is 172 cm³/mol. The van der Waals surface area contributed by atoms with E-state index in [0.29, 0.717) is 0 Å². The molecule has 0 aromatic heterocycles. The molecule has 4 bridgehead atoms. The fourth-order valence-electron chi connectivity index (χ4n) is 9.95. The van der Waals surface area contributed by atoms with E-state index in [0.717, 1.165) is 42.4 Å². The van der Waals surface area contributed by atoms with Gasteiger partial charge in [0.1, 0.15) is 0 Å². The van der Waals surface area contributed by atoms with Crippen molar-refractivity contribution in [3.05, 3.63) is 146 Å². The summed E-state index contributed by atoms with van der Waals surface area (Å²) in [5.41, 5.74) is 10.6. The fraction of sp³-hybridized carbons (Fsp3) is 0.293. The van der Waals surface area contributed by atoms with Crippen LogP contribution in [0.4, 0.5) is 0 Å². The number of hydrogen-bond donors (Lipinski definition) is 0. The third-order valence-corrected chi connectivity index (χ3v) is 18.9. The van der Waals surface area contributed by atoms with Gasteiger partial charge in [0, 0.05) is 0 Å². The van der Waals surface area contributed by atoms with Gasteiger partial charge in [-0.1, -0.05) is 0 Å². The summed E-state index contributed by atoms with van der Waals surface area (Å²) < 4.78 is 5.13. The Labute approximate surface area is 282 Å². The van der Waals surface area contributed by atoms with Crippen molar-refractivity contribution in [2.24, 2.45) is 29.6 Å². The molecule has 0 atom stereocenters. The van der Waals surface area contributed by atoms with Crippen molar-refractivity contribution in [3.63, 3.8) is 0 Å². The Bertz CT molecular complexity index is 1710. The number of hydrogen-bond acceptors (Lipinski definition) is 0. The summed E-state index contributed by atoms with van der Waals surface area (Å²) >= 11 is -2.63. The van der Waals surface area contributed by atoms with Crippen LogP contribution in [0.25, 0.3) is 11.1 Å². The Morgan fingerprint density at radius 1 is 0.591 bits per heavy atom. The number of rotatable bonds is 5. The Morgan fingerprint density at radius 2 is 1.18 bits per heavy atom. The first-order valence-electron chi connectivity index (χ1n) is 16.3. The molecular weight excluding hydrogens is 655 g/mol. The van der Waals surface area contributed by atoms with Crippen molar-refractivity contribution in [3.8, 4) is 11.1 Å². The Balaban J connectivity index is 0.00000156. The van der Waals surface area contributed by atoms with Crippen LogP contribution >= 0.6 is 0 Å². The molecule has 0 aliphatic heterocycles. The first-order valence-corrected chi connectivity index (χ1v) is 20.0. The van der Waals surface area contributed by atoms with Crippen molar-refractivity contribution >= 4 is 6.48 Å². The molecule has 3 heteroatoms. The molecule has 6 aliphatic carbocycles. The van der Waals surface area contributed by atoms with E-state index < -0.39 is 21.3 Å². The maximum atomic E-state index is 2.79. The normalized spacial score (nSPS) is 25.0. The van der Waals surface area contributed by atoms with Crippen LogP contribution in [0.15, 0.2) is 124 Å². The molecule has 44 heavy (non-hydrogen) atoms. The molecule has 220 valence electrons. The van der Waals surface area contributed by atoms with Crippen molar-refractivity contribution in [1.82, 2.24) is 0 Å². The quantitative estimate of drug-likeness (QED) is 0.266. The van der Waals surface area contributed by atoms with E-state index in [9.17, 15) is 0 Å². The van der Waals surface area contributed by atoms with Crippen LogP contribution in [0, 0.1) is 29.6 Å². The van der Waals surface area contributed by atoms with Crippen LogP contribution < -0.4 is 28.1 Å². The summed E-state index contributed by atoms with van der Waals surface area (Å²) in [6, 6.07) is 39.2. The van der Waals surface area contributed by atoms with Gasteiger partial charge in [-0.05, 0) is 0 Å². The van der Waals surface area contributed by atoms with Gasteiger partial charge in [0.15, 0.2) is 0 Å². The summed E-state index contributed by atoms with van der Waals surface area (Å²) in [5.74, 6) is 4.77. The van der Waals surface area contributed by atoms with Crippen LogP contribution in [-0.4, -0.2) is 3.21 Å². The van der Waals surface area contributed by atoms with E-state index in [-0.39, 0.29) is 24.8 Å². The maximum absolute atomic E-state index is 2.79. The zero-order chi connectivity index (χ0) is 27.6. The second-order valence-corrected chi connectivity index (χ2v) is 19.7. The molecule has 0 nitrogen and oxygen atoms in total. The van der Waals surface area contributed by atoms with Crippen molar-refractivity contribution in [1.29, 1.82) is 0 Å². The van der Waals surface area contributed by atoms with Crippen molar-refractivity contribution in [2.75, 3.05) is 0 Å². The molecule has 6 aliphatic rings. The van der Waals surface area contributed by atoms with Gasteiger partial charge in [0.25, 0.3) is 0 Å². The average molecular weight is 693 g/mol. The smallest absolute Gasteiger partial charge is 1.00 e. The summed E-state index contributed by atoms with van der Waals surface area (Å²) in [4.78, 5) is 0. The standard InChI is InChI=1S/C15H19.C13H9.C13H10.2ClH.Zr/c1-2-4-12(3-1)15-13-6-10-5-11(8-13)9-14(15)7-10;1-3-7-12-10(5-1)9-11-6-2-4-8-13(11)12;1-3-7-12(8-4-1)11-13-9-5-2-6-10-13;;;/h3-4,10-11,13-15H,1,5-9H2;1-5,7-8H,9H2;1-10H;2*1H;/q;;;;;+2/p-2. The van der Waals surface area contributed by atoms with E-state index in [1.807, 2.05) is 0 Å². The van der Waals surface area contributed by atoms with Crippen LogP contribution in [0.5, 0.6) is 0 Å². The van der Waals surface area contributed by atoms with E-state index in [4.69, 9.17) is 0 Å². The SMILES string of the molecule is C1=C(C2C3CC4CC(C3)CC2C4)C=[C]([Zr+2](=[C](c2ccccc2)c2ccccc2)[c]2cccc3c2Cc2ccccc2-3)C1.[Cl-].[Cl-]. The zero-order valence-corrected chi connectivity index (χ0v) is 29.0. The predicted octanol–water partition coefficient (Wildman–Crippen LogP) is 3.06. The van der Waals surface area contributed by atoms with Gasteiger partial charge in [-0.2, -0.15) is 0 Å². The molecule has 0 radical (unpaired) electrons. The fourth-order valence-corrected chi connectivity index (χ4v) is 17.9. The van der Waals surface area contributed by atoms with Gasteiger partial charge in [0.2, 0.25) is 0 Å². The first kappa shape index (κ1) is 30.4. The number of halogens is 2. The third kappa shape index (κ3) is 5.12. The minimum absolute atomic E-state index is 0. The van der Waals surface area contributed by atoms with Crippen molar-refractivity contribution in [2.45, 2.75) is 44.9 Å². The van der Waals surface area contributed by atoms with Gasteiger partial charge in [-0.15, -0.1) is 0 Å². The molecule has 4 aromatic rings. The summed E-state index contributed by atoms with van der Waals surface area (Å²) in [7, 11) is 0. The maximum Gasteiger partial charge on any atom is -1.00 e. The van der Waals surface area contributed by atoms with Crippen LogP contribution in [-0.2, 0) is 27.7 Å². The van der Waals surface area contributed by atoms with Gasteiger partial charge < -0.3 is 24.8 Å². The first-order chi connectivity index (χ1) is 20.8. The largest absolute Gasteiger partial charge is 1.00 e. The van der Waals surface area contributed by atoms with E-state index in [1.165, 1.54) is 59.9 Å². The van der Waals surface area contributed by atoms with E-state index in [2.05, 4.69) is 115 Å². The zero-order valence-electron chi connectivity index (χ0n) is 25.1. The molecule has 0 unspecified atom stereocenters. The van der Waals surface area contributed by atoms with Crippen LogP contribution in [0.1, 0.15) is 60.8 Å².